The van der Waals surface area contributed by atoms with E-state index in [2.05, 4.69) is 11.4 Å². The molecule has 1 N–H and O–H groups in total. The molecule has 0 bridgehead atoms. The highest BCUT2D eigenvalue weighted by Gasteiger charge is 2.22. The van der Waals surface area contributed by atoms with Crippen LogP contribution in [-0.2, 0) is 9.53 Å². The third kappa shape index (κ3) is 4.69. The largest absolute Gasteiger partial charge is 0.449 e. The number of rotatable bonds is 5. The molecular weight excluding hydrogens is 364 g/mol. The molecule has 29 heavy (non-hydrogen) atoms. The second-order valence-corrected chi connectivity index (χ2v) is 6.61. The molecule has 3 aromatic carbocycles. The van der Waals surface area contributed by atoms with Gasteiger partial charge in [-0.05, 0) is 49.2 Å². The standard InChI is InChI=1S/C24H20N2O3/c1-16-8-7-10-19(14-16)26-23(27)17(2)29-24(28)22-13-6-5-12-21(22)20-11-4-3-9-18(20)15-25/h3-14,17H,1-2H3,(H,26,27)/t17-/m1/s1. The highest BCUT2D eigenvalue weighted by Crippen LogP contribution is 2.27. The number of esters is 1. The zero-order chi connectivity index (χ0) is 20.8. The highest BCUT2D eigenvalue weighted by molar-refractivity contribution is 6.01. The Kier molecular flexibility index (Phi) is 6.06. The maximum absolute atomic E-state index is 12.8. The van der Waals surface area contributed by atoms with Crippen LogP contribution >= 0.6 is 0 Å². The van der Waals surface area contributed by atoms with Gasteiger partial charge < -0.3 is 10.1 Å². The van der Waals surface area contributed by atoms with Gasteiger partial charge in [-0.3, -0.25) is 4.79 Å². The molecule has 5 nitrogen and oxygen atoms in total. The van der Waals surface area contributed by atoms with Crippen LogP contribution in [0.15, 0.2) is 72.8 Å². The fourth-order valence-electron chi connectivity index (χ4n) is 2.96. The maximum atomic E-state index is 12.8. The van der Waals surface area contributed by atoms with Crippen molar-refractivity contribution in [1.82, 2.24) is 0 Å². The Morgan fingerprint density at radius 2 is 1.66 bits per heavy atom. The molecular formula is C24H20N2O3. The van der Waals surface area contributed by atoms with E-state index in [-0.39, 0.29) is 0 Å². The Bertz CT molecular complexity index is 1100. The van der Waals surface area contributed by atoms with Crippen molar-refractivity contribution in [2.75, 3.05) is 5.32 Å². The van der Waals surface area contributed by atoms with Gasteiger partial charge in [0, 0.05) is 11.3 Å². The molecule has 3 aromatic rings. The molecule has 0 aromatic heterocycles. The zero-order valence-corrected chi connectivity index (χ0v) is 16.2. The second kappa shape index (κ2) is 8.85. The molecule has 0 aliphatic heterocycles. The van der Waals surface area contributed by atoms with E-state index in [0.717, 1.165) is 5.56 Å². The predicted molar refractivity (Wildman–Crippen MR) is 111 cm³/mol. The van der Waals surface area contributed by atoms with Crippen LogP contribution in [0.3, 0.4) is 0 Å². The van der Waals surface area contributed by atoms with E-state index in [0.29, 0.717) is 27.9 Å². The Morgan fingerprint density at radius 3 is 2.38 bits per heavy atom. The van der Waals surface area contributed by atoms with Gasteiger partial charge in [-0.15, -0.1) is 0 Å². The van der Waals surface area contributed by atoms with Crippen molar-refractivity contribution in [2.45, 2.75) is 20.0 Å². The molecule has 0 saturated heterocycles. The molecule has 1 amide bonds. The van der Waals surface area contributed by atoms with Crippen LogP contribution in [-0.4, -0.2) is 18.0 Å². The Morgan fingerprint density at radius 1 is 0.966 bits per heavy atom. The van der Waals surface area contributed by atoms with Gasteiger partial charge in [0.15, 0.2) is 6.10 Å². The first-order chi connectivity index (χ1) is 14.0. The molecule has 1 atom stereocenters. The van der Waals surface area contributed by atoms with Crippen molar-refractivity contribution in [3.8, 4) is 17.2 Å². The van der Waals surface area contributed by atoms with Crippen LogP contribution in [0.25, 0.3) is 11.1 Å². The van der Waals surface area contributed by atoms with E-state index in [9.17, 15) is 14.9 Å². The Hall–Kier alpha value is -3.91. The van der Waals surface area contributed by atoms with Crippen molar-refractivity contribution in [3.63, 3.8) is 0 Å². The summed E-state index contributed by atoms with van der Waals surface area (Å²) in [6, 6.07) is 23.4. The minimum atomic E-state index is -0.984. The van der Waals surface area contributed by atoms with Crippen LogP contribution in [0, 0.1) is 18.3 Å². The molecule has 0 saturated carbocycles. The van der Waals surface area contributed by atoms with Crippen LogP contribution < -0.4 is 5.32 Å². The van der Waals surface area contributed by atoms with Gasteiger partial charge in [-0.25, -0.2) is 4.79 Å². The molecule has 0 unspecified atom stereocenters. The topological polar surface area (TPSA) is 79.2 Å². The third-order valence-corrected chi connectivity index (χ3v) is 4.42. The predicted octanol–water partition coefficient (Wildman–Crippen LogP) is 4.72. The lowest BCUT2D eigenvalue weighted by Gasteiger charge is -2.16. The zero-order valence-electron chi connectivity index (χ0n) is 16.2. The van der Waals surface area contributed by atoms with Crippen molar-refractivity contribution >= 4 is 17.6 Å². The lowest BCUT2D eigenvalue weighted by molar-refractivity contribution is -0.123. The highest BCUT2D eigenvalue weighted by atomic mass is 16.5. The second-order valence-electron chi connectivity index (χ2n) is 6.61. The summed E-state index contributed by atoms with van der Waals surface area (Å²) in [5, 5.41) is 12.1. The van der Waals surface area contributed by atoms with E-state index in [1.807, 2.05) is 25.1 Å². The molecule has 0 fully saturated rings. The van der Waals surface area contributed by atoms with Gasteiger partial charge in [0.05, 0.1) is 17.2 Å². The number of carbonyl (C=O) groups is 2. The minimum absolute atomic E-state index is 0.297. The quantitative estimate of drug-likeness (QED) is 0.646. The molecule has 0 aliphatic rings. The molecule has 0 radical (unpaired) electrons. The Labute approximate surface area is 169 Å². The number of amides is 1. The van der Waals surface area contributed by atoms with E-state index < -0.39 is 18.0 Å². The van der Waals surface area contributed by atoms with Crippen LogP contribution in [0.5, 0.6) is 0 Å². The normalized spacial score (nSPS) is 11.2. The average molecular weight is 384 g/mol. The number of nitrogens with zero attached hydrogens (tertiary/aromatic N) is 1. The van der Waals surface area contributed by atoms with E-state index in [1.54, 1.807) is 54.6 Å². The first kappa shape index (κ1) is 19.8. The lowest BCUT2D eigenvalue weighted by Crippen LogP contribution is -2.30. The van der Waals surface area contributed by atoms with Gasteiger partial charge in [-0.2, -0.15) is 5.26 Å². The molecule has 144 valence electrons. The molecule has 3 rings (SSSR count). The van der Waals surface area contributed by atoms with Gasteiger partial charge in [0.25, 0.3) is 5.91 Å². The summed E-state index contributed by atoms with van der Waals surface area (Å²) in [5.74, 6) is -1.04. The summed E-state index contributed by atoms with van der Waals surface area (Å²) in [7, 11) is 0. The first-order valence-corrected chi connectivity index (χ1v) is 9.16. The van der Waals surface area contributed by atoms with Crippen molar-refractivity contribution < 1.29 is 14.3 Å². The number of nitriles is 1. The fourth-order valence-corrected chi connectivity index (χ4v) is 2.96. The number of hydrogen-bond donors (Lipinski definition) is 1. The molecule has 5 heteroatoms. The Balaban J connectivity index is 1.79. The van der Waals surface area contributed by atoms with Crippen LogP contribution in [0.2, 0.25) is 0 Å². The summed E-state index contributed by atoms with van der Waals surface area (Å²) in [6.45, 7) is 3.45. The number of ether oxygens (including phenoxy) is 1. The monoisotopic (exact) mass is 384 g/mol. The smallest absolute Gasteiger partial charge is 0.339 e. The molecule has 0 heterocycles. The lowest BCUT2D eigenvalue weighted by atomic mass is 9.96. The van der Waals surface area contributed by atoms with Gasteiger partial charge >= 0.3 is 5.97 Å². The van der Waals surface area contributed by atoms with Crippen LogP contribution in [0.4, 0.5) is 5.69 Å². The van der Waals surface area contributed by atoms with E-state index >= 15 is 0 Å². The average Bonchev–Trinajstić information content (AvgIpc) is 2.73. The summed E-state index contributed by atoms with van der Waals surface area (Å²) in [5.41, 5.74) is 3.63. The van der Waals surface area contributed by atoms with E-state index in [4.69, 9.17) is 4.74 Å². The number of anilines is 1. The van der Waals surface area contributed by atoms with Gasteiger partial charge in [-0.1, -0.05) is 48.5 Å². The minimum Gasteiger partial charge on any atom is -0.449 e. The summed E-state index contributed by atoms with van der Waals surface area (Å²) in [4.78, 5) is 25.2. The first-order valence-electron chi connectivity index (χ1n) is 9.16. The van der Waals surface area contributed by atoms with Crippen LogP contribution in [0.1, 0.15) is 28.4 Å². The van der Waals surface area contributed by atoms with Gasteiger partial charge in [0.1, 0.15) is 0 Å². The maximum Gasteiger partial charge on any atom is 0.339 e. The summed E-state index contributed by atoms with van der Waals surface area (Å²) in [6.07, 6.45) is -0.984. The summed E-state index contributed by atoms with van der Waals surface area (Å²) < 4.78 is 5.40. The SMILES string of the molecule is Cc1cccc(NC(=O)[C@@H](C)OC(=O)c2ccccc2-c2ccccc2C#N)c1. The van der Waals surface area contributed by atoms with E-state index in [1.165, 1.54) is 6.92 Å². The number of aryl methyl sites for hydroxylation is 1. The number of benzene rings is 3. The van der Waals surface area contributed by atoms with Crippen molar-refractivity contribution in [3.05, 3.63) is 89.5 Å². The van der Waals surface area contributed by atoms with Crippen molar-refractivity contribution in [1.29, 1.82) is 5.26 Å². The molecule has 0 spiro atoms. The van der Waals surface area contributed by atoms with Crippen molar-refractivity contribution in [2.24, 2.45) is 0 Å². The number of carbonyl (C=O) groups excluding carboxylic acids is 2. The summed E-state index contributed by atoms with van der Waals surface area (Å²) >= 11 is 0. The van der Waals surface area contributed by atoms with Gasteiger partial charge in [0.2, 0.25) is 0 Å². The number of nitrogens with one attached hydrogen (secondary N) is 1. The third-order valence-electron chi connectivity index (χ3n) is 4.42. The fraction of sp³-hybridized carbons (Fsp3) is 0.125. The number of hydrogen-bond acceptors (Lipinski definition) is 4. The molecule has 0 aliphatic carbocycles.